The average molecular weight is 441 g/mol. The smallest absolute Gasteiger partial charge is 0.0594 e. The zero-order valence-electron chi connectivity index (χ0n) is 21.6. The molecule has 0 aromatic rings. The van der Waals surface area contributed by atoms with Gasteiger partial charge >= 0.3 is 0 Å². The Labute approximate surface area is 197 Å². The molecule has 0 aromatic heterocycles. The van der Waals surface area contributed by atoms with Crippen molar-refractivity contribution in [2.45, 2.75) is 105 Å². The van der Waals surface area contributed by atoms with E-state index in [9.17, 15) is 10.2 Å². The quantitative estimate of drug-likeness (QED) is 0.458. The zero-order chi connectivity index (χ0) is 23.3. The fourth-order valence-electron chi connectivity index (χ4n) is 10.8. The van der Waals surface area contributed by atoms with Crippen molar-refractivity contribution in [2.75, 3.05) is 6.61 Å². The molecule has 4 fully saturated rings. The lowest BCUT2D eigenvalue weighted by molar-refractivity contribution is -0.163. The Morgan fingerprint density at radius 3 is 2.38 bits per heavy atom. The van der Waals surface area contributed by atoms with E-state index < -0.39 is 0 Å². The molecule has 0 bridgehead atoms. The molecule has 0 aliphatic heterocycles. The van der Waals surface area contributed by atoms with Crippen LogP contribution in [0.25, 0.3) is 0 Å². The van der Waals surface area contributed by atoms with Crippen LogP contribution >= 0.6 is 0 Å². The third kappa shape index (κ3) is 2.61. The van der Waals surface area contributed by atoms with E-state index in [1.54, 1.807) is 5.57 Å². The van der Waals surface area contributed by atoms with Gasteiger partial charge in [-0.3, -0.25) is 0 Å². The number of aliphatic hydroxyl groups excluding tert-OH is 2. The van der Waals surface area contributed by atoms with Crippen LogP contribution in [0.3, 0.4) is 0 Å². The molecule has 5 rings (SSSR count). The van der Waals surface area contributed by atoms with Crippen molar-refractivity contribution in [1.82, 2.24) is 0 Å². The van der Waals surface area contributed by atoms with Crippen molar-refractivity contribution in [3.63, 3.8) is 0 Å². The molecule has 5 aliphatic carbocycles. The van der Waals surface area contributed by atoms with Gasteiger partial charge in [-0.25, -0.2) is 0 Å². The van der Waals surface area contributed by atoms with Crippen molar-refractivity contribution in [2.24, 2.45) is 50.7 Å². The molecule has 2 heteroatoms. The Balaban J connectivity index is 1.60. The fourth-order valence-corrected chi connectivity index (χ4v) is 10.8. The lowest BCUT2D eigenvalue weighted by atomic mass is 9.35. The van der Waals surface area contributed by atoms with E-state index in [1.807, 2.05) is 0 Å². The summed E-state index contributed by atoms with van der Waals surface area (Å²) in [5.41, 5.74) is 3.90. The van der Waals surface area contributed by atoms with Crippen LogP contribution in [0, 0.1) is 50.7 Å². The molecule has 180 valence electrons. The highest BCUT2D eigenvalue weighted by molar-refractivity contribution is 5.36. The van der Waals surface area contributed by atoms with Crippen molar-refractivity contribution in [3.8, 4) is 0 Å². The summed E-state index contributed by atoms with van der Waals surface area (Å²) in [7, 11) is 0. The molecule has 32 heavy (non-hydrogen) atoms. The van der Waals surface area contributed by atoms with Crippen LogP contribution in [0.1, 0.15) is 99.3 Å². The summed E-state index contributed by atoms with van der Waals surface area (Å²) in [6.45, 7) is 19.4. The van der Waals surface area contributed by atoms with Gasteiger partial charge in [0.05, 0.1) is 6.10 Å². The number of aliphatic hydroxyl groups is 2. The summed E-state index contributed by atoms with van der Waals surface area (Å²) >= 11 is 0. The van der Waals surface area contributed by atoms with Gasteiger partial charge in [-0.2, -0.15) is 0 Å². The highest BCUT2D eigenvalue weighted by atomic mass is 16.3. The third-order valence-corrected chi connectivity index (χ3v) is 12.9. The predicted octanol–water partition coefficient (Wildman–Crippen LogP) is 6.92. The van der Waals surface area contributed by atoms with Gasteiger partial charge in [-0.15, -0.1) is 0 Å². The number of hydrogen-bond donors (Lipinski definition) is 2. The maximum atomic E-state index is 10.9. The second-order valence-corrected chi connectivity index (χ2v) is 14.1. The molecule has 0 spiro atoms. The molecule has 2 nitrogen and oxygen atoms in total. The summed E-state index contributed by atoms with van der Waals surface area (Å²) in [5.74, 6) is 2.35. The van der Waals surface area contributed by atoms with Crippen LogP contribution in [0.2, 0.25) is 0 Å². The minimum absolute atomic E-state index is 0.0119. The Kier molecular flexibility index (Phi) is 5.04. The molecule has 0 heterocycles. The molecular weight excluding hydrogens is 392 g/mol. The largest absolute Gasteiger partial charge is 0.396 e. The standard InChI is InChI=1S/C30H48O2/c1-19(2)20-10-15-30(18-31)17-16-28(6)21(25(20)30)8-9-23-27(5)13-12-24(32)26(3,4)22(27)11-14-29(23,28)7/h9,20-22,24-25,31-32H,1,8,10-18H2,2-7H3. The molecule has 5 aliphatic rings. The minimum atomic E-state index is -0.174. The minimum Gasteiger partial charge on any atom is -0.396 e. The molecule has 9 unspecified atom stereocenters. The molecule has 0 aromatic carbocycles. The van der Waals surface area contributed by atoms with E-state index in [2.05, 4.69) is 54.2 Å². The lowest BCUT2D eigenvalue weighted by Crippen LogP contribution is -2.63. The molecular formula is C30H48O2. The van der Waals surface area contributed by atoms with Crippen molar-refractivity contribution in [1.29, 1.82) is 0 Å². The molecule has 2 N–H and O–H groups in total. The van der Waals surface area contributed by atoms with Crippen LogP contribution in [0.5, 0.6) is 0 Å². The van der Waals surface area contributed by atoms with Gasteiger partial charge in [0.2, 0.25) is 0 Å². The third-order valence-electron chi connectivity index (χ3n) is 12.9. The number of allylic oxidation sites excluding steroid dienone is 3. The normalized spacial score (nSPS) is 54.0. The van der Waals surface area contributed by atoms with Crippen LogP contribution < -0.4 is 0 Å². The van der Waals surface area contributed by atoms with E-state index in [-0.39, 0.29) is 33.2 Å². The van der Waals surface area contributed by atoms with Gasteiger partial charge < -0.3 is 10.2 Å². The van der Waals surface area contributed by atoms with E-state index in [4.69, 9.17) is 0 Å². The lowest BCUT2D eigenvalue weighted by Gasteiger charge is -2.69. The zero-order valence-corrected chi connectivity index (χ0v) is 21.6. The maximum absolute atomic E-state index is 10.9. The van der Waals surface area contributed by atoms with Crippen LogP contribution in [0.15, 0.2) is 23.8 Å². The number of rotatable bonds is 2. The number of hydrogen-bond acceptors (Lipinski definition) is 2. The van der Waals surface area contributed by atoms with Gasteiger partial charge in [0.25, 0.3) is 0 Å². The molecule has 9 atom stereocenters. The Bertz CT molecular complexity index is 840. The first-order valence-electron chi connectivity index (χ1n) is 13.5. The van der Waals surface area contributed by atoms with E-state index in [0.29, 0.717) is 30.3 Å². The van der Waals surface area contributed by atoms with Gasteiger partial charge in [-0.1, -0.05) is 58.4 Å². The first-order chi connectivity index (χ1) is 14.9. The maximum Gasteiger partial charge on any atom is 0.0594 e. The Morgan fingerprint density at radius 2 is 1.72 bits per heavy atom. The summed E-state index contributed by atoms with van der Waals surface area (Å²) in [6.07, 6.45) is 13.0. The van der Waals surface area contributed by atoms with E-state index in [0.717, 1.165) is 12.8 Å². The predicted molar refractivity (Wildman–Crippen MR) is 132 cm³/mol. The first kappa shape index (κ1) is 23.2. The van der Waals surface area contributed by atoms with Gasteiger partial charge in [0.15, 0.2) is 0 Å². The molecule has 0 radical (unpaired) electrons. The topological polar surface area (TPSA) is 40.5 Å². The van der Waals surface area contributed by atoms with Crippen LogP contribution in [0.4, 0.5) is 0 Å². The second kappa shape index (κ2) is 6.97. The highest BCUT2D eigenvalue weighted by Crippen LogP contribution is 2.76. The summed E-state index contributed by atoms with van der Waals surface area (Å²) < 4.78 is 0. The summed E-state index contributed by atoms with van der Waals surface area (Å²) in [5, 5.41) is 21.5. The molecule has 0 saturated heterocycles. The average Bonchev–Trinajstić information content (AvgIpc) is 3.12. The van der Waals surface area contributed by atoms with E-state index in [1.165, 1.54) is 50.5 Å². The summed E-state index contributed by atoms with van der Waals surface area (Å²) in [6, 6.07) is 0. The Morgan fingerprint density at radius 1 is 1.00 bits per heavy atom. The van der Waals surface area contributed by atoms with Crippen molar-refractivity contribution in [3.05, 3.63) is 23.8 Å². The summed E-state index contributed by atoms with van der Waals surface area (Å²) in [4.78, 5) is 0. The van der Waals surface area contributed by atoms with Gasteiger partial charge in [0, 0.05) is 6.61 Å². The van der Waals surface area contributed by atoms with Crippen LogP contribution in [-0.2, 0) is 0 Å². The molecule has 0 amide bonds. The SMILES string of the molecule is C=C(C)C1CCC2(CO)CCC3(C)C(CC=C4C5(C)CCC(O)C(C)(C)C5CCC43C)C12. The van der Waals surface area contributed by atoms with E-state index >= 15 is 0 Å². The van der Waals surface area contributed by atoms with Crippen molar-refractivity contribution < 1.29 is 10.2 Å². The van der Waals surface area contributed by atoms with Crippen molar-refractivity contribution >= 4 is 0 Å². The number of fused-ring (bicyclic) bond motifs is 7. The van der Waals surface area contributed by atoms with Crippen LogP contribution in [-0.4, -0.2) is 22.9 Å². The first-order valence-corrected chi connectivity index (χ1v) is 13.5. The van der Waals surface area contributed by atoms with Gasteiger partial charge in [0.1, 0.15) is 0 Å². The highest BCUT2D eigenvalue weighted by Gasteiger charge is 2.68. The monoisotopic (exact) mass is 440 g/mol. The fraction of sp³-hybridized carbons (Fsp3) is 0.867. The molecule has 4 saturated carbocycles. The second-order valence-electron chi connectivity index (χ2n) is 14.1. The Hall–Kier alpha value is -0.600. The van der Waals surface area contributed by atoms with Gasteiger partial charge in [-0.05, 0) is 115 Å².